The number of halogens is 6. The summed E-state index contributed by atoms with van der Waals surface area (Å²) in [6, 6.07) is 5.61. The lowest BCUT2D eigenvalue weighted by Gasteiger charge is -2.08. The Morgan fingerprint density at radius 3 is 2.36 bits per heavy atom. The molecule has 0 saturated carbocycles. The van der Waals surface area contributed by atoms with Crippen molar-refractivity contribution in [3.05, 3.63) is 56.7 Å². The number of aromatic nitrogens is 1. The fourth-order valence-corrected chi connectivity index (χ4v) is 1.95. The molecule has 0 bridgehead atoms. The first-order valence-corrected chi connectivity index (χ1v) is 6.87. The summed E-state index contributed by atoms with van der Waals surface area (Å²) < 4.78 is 37.4. The number of benzene rings is 1. The van der Waals surface area contributed by atoms with Crippen molar-refractivity contribution in [2.45, 2.75) is 6.18 Å². The Morgan fingerprint density at radius 1 is 1.05 bits per heavy atom. The SMILES string of the molecule is FC(F)(F)c1cnc(N/N=C/c2ccc(Cl)c(Cl)c2)c(Cl)c1. The summed E-state index contributed by atoms with van der Waals surface area (Å²) in [6.45, 7) is 0. The Labute approximate surface area is 138 Å². The van der Waals surface area contributed by atoms with Gasteiger partial charge in [0.15, 0.2) is 5.82 Å². The quantitative estimate of drug-likeness (QED) is 0.573. The number of hydrazone groups is 1. The second-order valence-corrected chi connectivity index (χ2v) is 5.32. The third-order valence-corrected chi connectivity index (χ3v) is 3.52. The molecule has 0 amide bonds. The lowest BCUT2D eigenvalue weighted by atomic mass is 10.2. The van der Waals surface area contributed by atoms with Crippen LogP contribution in [-0.2, 0) is 6.18 Å². The number of nitrogens with one attached hydrogen (secondary N) is 1. The van der Waals surface area contributed by atoms with E-state index in [1.165, 1.54) is 6.21 Å². The van der Waals surface area contributed by atoms with E-state index in [1.54, 1.807) is 18.2 Å². The predicted molar refractivity (Wildman–Crippen MR) is 81.9 cm³/mol. The van der Waals surface area contributed by atoms with Gasteiger partial charge in [-0.3, -0.25) is 5.43 Å². The molecule has 0 radical (unpaired) electrons. The molecule has 0 atom stereocenters. The van der Waals surface area contributed by atoms with Crippen LogP contribution in [-0.4, -0.2) is 11.2 Å². The minimum Gasteiger partial charge on any atom is -0.260 e. The third kappa shape index (κ3) is 4.25. The number of rotatable bonds is 3. The number of anilines is 1. The Bertz CT molecular complexity index is 717. The first-order chi connectivity index (χ1) is 10.3. The molecule has 0 fully saturated rings. The van der Waals surface area contributed by atoms with E-state index >= 15 is 0 Å². The minimum absolute atomic E-state index is 0.00553. The van der Waals surface area contributed by atoms with Gasteiger partial charge in [-0.05, 0) is 23.8 Å². The summed E-state index contributed by atoms with van der Waals surface area (Å²) in [6.07, 6.45) is -2.43. The monoisotopic (exact) mass is 367 g/mol. The van der Waals surface area contributed by atoms with Gasteiger partial charge in [0.05, 0.1) is 26.8 Å². The molecule has 0 aliphatic carbocycles. The number of alkyl halides is 3. The summed E-state index contributed by atoms with van der Waals surface area (Å²) in [5.41, 5.74) is 2.17. The van der Waals surface area contributed by atoms with Gasteiger partial charge in [-0.1, -0.05) is 40.9 Å². The Balaban J connectivity index is 2.11. The van der Waals surface area contributed by atoms with Gasteiger partial charge in [0, 0.05) is 6.20 Å². The predicted octanol–water partition coefficient (Wildman–Crippen LogP) is 5.51. The van der Waals surface area contributed by atoms with Gasteiger partial charge in [0.25, 0.3) is 0 Å². The molecule has 0 aliphatic heterocycles. The summed E-state index contributed by atoms with van der Waals surface area (Å²) in [5.74, 6) is 0.00553. The fourth-order valence-electron chi connectivity index (χ4n) is 1.44. The van der Waals surface area contributed by atoms with Crippen molar-refractivity contribution in [1.82, 2.24) is 4.98 Å². The summed E-state index contributed by atoms with van der Waals surface area (Å²) in [5, 5.41) is 4.40. The van der Waals surface area contributed by atoms with Gasteiger partial charge in [-0.2, -0.15) is 18.3 Å². The lowest BCUT2D eigenvalue weighted by Crippen LogP contribution is -2.06. The fraction of sp³-hybridized carbons (Fsp3) is 0.0769. The van der Waals surface area contributed by atoms with Crippen molar-refractivity contribution < 1.29 is 13.2 Å². The highest BCUT2D eigenvalue weighted by Crippen LogP contribution is 2.32. The zero-order valence-corrected chi connectivity index (χ0v) is 12.9. The van der Waals surface area contributed by atoms with Crippen molar-refractivity contribution in [3.8, 4) is 0 Å². The highest BCUT2D eigenvalue weighted by molar-refractivity contribution is 6.42. The molecule has 22 heavy (non-hydrogen) atoms. The molecule has 3 nitrogen and oxygen atoms in total. The zero-order chi connectivity index (χ0) is 16.3. The van der Waals surface area contributed by atoms with Crippen LogP contribution in [0.3, 0.4) is 0 Å². The molecule has 2 aromatic rings. The molecule has 1 aromatic heterocycles. The smallest absolute Gasteiger partial charge is 0.260 e. The average Bonchev–Trinajstić information content (AvgIpc) is 2.43. The second kappa shape index (κ2) is 6.73. The van der Waals surface area contributed by atoms with E-state index < -0.39 is 11.7 Å². The van der Waals surface area contributed by atoms with E-state index in [0.29, 0.717) is 21.8 Å². The molecule has 0 unspecified atom stereocenters. The largest absolute Gasteiger partial charge is 0.417 e. The molecule has 0 spiro atoms. The lowest BCUT2D eigenvalue weighted by molar-refractivity contribution is -0.137. The highest BCUT2D eigenvalue weighted by atomic mass is 35.5. The van der Waals surface area contributed by atoms with Gasteiger partial charge >= 0.3 is 6.18 Å². The molecule has 2 rings (SSSR count). The van der Waals surface area contributed by atoms with E-state index in [0.717, 1.165) is 6.07 Å². The molecule has 0 aliphatic rings. The van der Waals surface area contributed by atoms with Crippen LogP contribution in [0.25, 0.3) is 0 Å². The molecule has 0 saturated heterocycles. The van der Waals surface area contributed by atoms with Gasteiger partial charge in [0.2, 0.25) is 0 Å². The van der Waals surface area contributed by atoms with Gasteiger partial charge in [-0.25, -0.2) is 4.98 Å². The van der Waals surface area contributed by atoms with Crippen molar-refractivity contribution >= 4 is 46.8 Å². The molecule has 1 N–H and O–H groups in total. The maximum Gasteiger partial charge on any atom is 0.417 e. The van der Waals surface area contributed by atoms with E-state index in [2.05, 4.69) is 15.5 Å². The first kappa shape index (κ1) is 16.9. The van der Waals surface area contributed by atoms with Crippen molar-refractivity contribution in [1.29, 1.82) is 0 Å². The molecule has 116 valence electrons. The molecule has 1 aromatic carbocycles. The van der Waals surface area contributed by atoms with E-state index in [4.69, 9.17) is 34.8 Å². The maximum atomic E-state index is 12.5. The second-order valence-electron chi connectivity index (χ2n) is 4.10. The highest BCUT2D eigenvalue weighted by Gasteiger charge is 2.31. The van der Waals surface area contributed by atoms with Gasteiger partial charge < -0.3 is 0 Å². The standard InChI is InChI=1S/C13H7Cl3F3N3/c14-9-2-1-7(3-10(9)15)5-21-22-12-11(16)4-8(6-20-12)13(17,18)19/h1-6H,(H,20,22)/b21-5+. The van der Waals surface area contributed by atoms with Crippen LogP contribution in [0.2, 0.25) is 15.1 Å². The van der Waals surface area contributed by atoms with Crippen LogP contribution in [0.15, 0.2) is 35.6 Å². The average molecular weight is 369 g/mol. The topological polar surface area (TPSA) is 37.3 Å². The summed E-state index contributed by atoms with van der Waals surface area (Å²) in [4.78, 5) is 3.58. The molecular weight excluding hydrogens is 362 g/mol. The molecule has 9 heteroatoms. The van der Waals surface area contributed by atoms with Crippen LogP contribution in [0.5, 0.6) is 0 Å². The number of nitrogens with zero attached hydrogens (tertiary/aromatic N) is 2. The van der Waals surface area contributed by atoms with Crippen LogP contribution < -0.4 is 5.43 Å². The first-order valence-electron chi connectivity index (χ1n) is 5.74. The van der Waals surface area contributed by atoms with Crippen LogP contribution in [0.4, 0.5) is 19.0 Å². The molecule has 1 heterocycles. The Kier molecular flexibility index (Phi) is 5.16. The van der Waals surface area contributed by atoms with E-state index in [1.807, 2.05) is 0 Å². The van der Waals surface area contributed by atoms with Gasteiger partial charge in [-0.15, -0.1) is 0 Å². The zero-order valence-electron chi connectivity index (χ0n) is 10.6. The Morgan fingerprint density at radius 2 is 1.77 bits per heavy atom. The van der Waals surface area contributed by atoms with Crippen molar-refractivity contribution in [2.75, 3.05) is 5.43 Å². The normalized spacial score (nSPS) is 11.9. The summed E-state index contributed by atoms with van der Waals surface area (Å²) >= 11 is 17.3. The Hall–Kier alpha value is -1.50. The van der Waals surface area contributed by atoms with Crippen LogP contribution in [0, 0.1) is 0 Å². The van der Waals surface area contributed by atoms with E-state index in [-0.39, 0.29) is 10.8 Å². The number of hydrogen-bond acceptors (Lipinski definition) is 3. The van der Waals surface area contributed by atoms with E-state index in [9.17, 15) is 13.2 Å². The maximum absolute atomic E-state index is 12.5. The van der Waals surface area contributed by atoms with Crippen molar-refractivity contribution in [2.24, 2.45) is 5.10 Å². The number of hydrogen-bond donors (Lipinski definition) is 1. The van der Waals surface area contributed by atoms with Crippen molar-refractivity contribution in [3.63, 3.8) is 0 Å². The molecular formula is C13H7Cl3F3N3. The van der Waals surface area contributed by atoms with Crippen LogP contribution in [0.1, 0.15) is 11.1 Å². The number of pyridine rings is 1. The van der Waals surface area contributed by atoms with Crippen LogP contribution >= 0.6 is 34.8 Å². The minimum atomic E-state index is -4.50. The van der Waals surface area contributed by atoms with Gasteiger partial charge in [0.1, 0.15) is 0 Å². The third-order valence-electron chi connectivity index (χ3n) is 2.50. The summed E-state index contributed by atoms with van der Waals surface area (Å²) in [7, 11) is 0.